The predicted molar refractivity (Wildman–Crippen MR) is 72.8 cm³/mol. The van der Waals surface area contributed by atoms with E-state index in [2.05, 4.69) is 5.32 Å². The first-order valence-electron chi connectivity index (χ1n) is 6.88. The van der Waals surface area contributed by atoms with Gasteiger partial charge in [0.1, 0.15) is 5.75 Å². The van der Waals surface area contributed by atoms with Gasteiger partial charge in [0.05, 0.1) is 12.5 Å². The molecule has 1 aromatic rings. The fourth-order valence-corrected chi connectivity index (χ4v) is 2.53. The number of hydrogen-bond donors (Lipinski definition) is 3. The Morgan fingerprint density at radius 3 is 2.58 bits per heavy atom. The van der Waals surface area contributed by atoms with Crippen LogP contribution in [0.2, 0.25) is 0 Å². The highest BCUT2D eigenvalue weighted by molar-refractivity contribution is 5.78. The molecule has 0 aliphatic heterocycles. The summed E-state index contributed by atoms with van der Waals surface area (Å²) in [5, 5.41) is 21.9. The van der Waals surface area contributed by atoms with Crippen LogP contribution in [-0.2, 0) is 11.2 Å². The van der Waals surface area contributed by atoms with Crippen molar-refractivity contribution in [2.45, 2.75) is 38.2 Å². The molecule has 4 heteroatoms. The molecule has 1 amide bonds. The lowest BCUT2D eigenvalue weighted by Crippen LogP contribution is -2.37. The van der Waals surface area contributed by atoms with Gasteiger partial charge in [-0.05, 0) is 30.5 Å². The minimum Gasteiger partial charge on any atom is -0.508 e. The molecule has 0 spiro atoms. The highest BCUT2D eigenvalue weighted by atomic mass is 16.3. The summed E-state index contributed by atoms with van der Waals surface area (Å²) in [5.41, 5.74) is 0.875. The number of phenols is 1. The van der Waals surface area contributed by atoms with E-state index in [4.69, 9.17) is 5.11 Å². The molecule has 0 aromatic heterocycles. The molecule has 0 saturated heterocycles. The molecular formula is C15H21NO3. The number of benzene rings is 1. The number of phenolic OH excluding ortho intramolecular Hbond substituents is 1. The number of aliphatic hydroxyl groups excluding tert-OH is 1. The Kier molecular flexibility index (Phi) is 4.80. The SMILES string of the molecule is O=C(Cc1ccc(O)cc1)NCC1CCCCC1O. The number of carbonyl (C=O) groups is 1. The van der Waals surface area contributed by atoms with Crippen molar-refractivity contribution < 1.29 is 15.0 Å². The average Bonchev–Trinajstić information content (AvgIpc) is 2.40. The van der Waals surface area contributed by atoms with Gasteiger partial charge in [0.25, 0.3) is 0 Å². The van der Waals surface area contributed by atoms with E-state index in [1.54, 1.807) is 24.3 Å². The summed E-state index contributed by atoms with van der Waals surface area (Å²) in [7, 11) is 0. The van der Waals surface area contributed by atoms with Crippen molar-refractivity contribution in [1.29, 1.82) is 0 Å². The molecule has 4 nitrogen and oxygen atoms in total. The summed E-state index contributed by atoms with van der Waals surface area (Å²) in [6.45, 7) is 0.554. The highest BCUT2D eigenvalue weighted by Crippen LogP contribution is 2.23. The molecule has 1 aromatic carbocycles. The maximum Gasteiger partial charge on any atom is 0.224 e. The molecule has 3 N–H and O–H groups in total. The van der Waals surface area contributed by atoms with Crippen molar-refractivity contribution in [1.82, 2.24) is 5.32 Å². The van der Waals surface area contributed by atoms with E-state index in [1.165, 1.54) is 0 Å². The van der Waals surface area contributed by atoms with Crippen molar-refractivity contribution in [3.05, 3.63) is 29.8 Å². The van der Waals surface area contributed by atoms with E-state index in [0.29, 0.717) is 13.0 Å². The molecule has 1 aliphatic carbocycles. The first-order chi connectivity index (χ1) is 9.15. The van der Waals surface area contributed by atoms with E-state index in [9.17, 15) is 9.90 Å². The van der Waals surface area contributed by atoms with Gasteiger partial charge < -0.3 is 15.5 Å². The van der Waals surface area contributed by atoms with Crippen molar-refractivity contribution in [3.8, 4) is 5.75 Å². The van der Waals surface area contributed by atoms with Crippen molar-refractivity contribution in [2.75, 3.05) is 6.54 Å². The smallest absolute Gasteiger partial charge is 0.224 e. The van der Waals surface area contributed by atoms with Gasteiger partial charge in [0.15, 0.2) is 0 Å². The number of aliphatic hydroxyl groups is 1. The average molecular weight is 263 g/mol. The van der Waals surface area contributed by atoms with Gasteiger partial charge in [-0.3, -0.25) is 4.79 Å². The molecule has 0 heterocycles. The van der Waals surface area contributed by atoms with Gasteiger partial charge in [-0.2, -0.15) is 0 Å². The van der Waals surface area contributed by atoms with E-state index in [-0.39, 0.29) is 23.7 Å². The zero-order chi connectivity index (χ0) is 13.7. The van der Waals surface area contributed by atoms with Crippen LogP contribution >= 0.6 is 0 Å². The van der Waals surface area contributed by atoms with Crippen LogP contribution in [0.15, 0.2) is 24.3 Å². The van der Waals surface area contributed by atoms with Crippen molar-refractivity contribution in [3.63, 3.8) is 0 Å². The number of carbonyl (C=O) groups excluding carboxylic acids is 1. The van der Waals surface area contributed by atoms with Crippen LogP contribution in [0, 0.1) is 5.92 Å². The monoisotopic (exact) mass is 263 g/mol. The summed E-state index contributed by atoms with van der Waals surface area (Å²) in [5.74, 6) is 0.357. The second-order valence-electron chi connectivity index (χ2n) is 5.26. The third kappa shape index (κ3) is 4.24. The maximum absolute atomic E-state index is 11.8. The zero-order valence-corrected chi connectivity index (χ0v) is 11.0. The third-order valence-electron chi connectivity index (χ3n) is 3.73. The second kappa shape index (κ2) is 6.57. The number of aromatic hydroxyl groups is 1. The van der Waals surface area contributed by atoms with E-state index < -0.39 is 0 Å². The lowest BCUT2D eigenvalue weighted by atomic mass is 9.86. The van der Waals surface area contributed by atoms with Crippen LogP contribution in [0.3, 0.4) is 0 Å². The largest absolute Gasteiger partial charge is 0.508 e. The summed E-state index contributed by atoms with van der Waals surface area (Å²) in [4.78, 5) is 11.8. The van der Waals surface area contributed by atoms with Gasteiger partial charge in [-0.15, -0.1) is 0 Å². The Hall–Kier alpha value is -1.55. The van der Waals surface area contributed by atoms with Gasteiger partial charge in [-0.25, -0.2) is 0 Å². The zero-order valence-electron chi connectivity index (χ0n) is 11.0. The molecule has 2 unspecified atom stereocenters. The van der Waals surface area contributed by atoms with Gasteiger partial charge in [0.2, 0.25) is 5.91 Å². The standard InChI is InChI=1S/C15H21NO3/c17-13-7-5-11(6-8-13)9-15(19)16-10-12-3-1-2-4-14(12)18/h5-8,12,14,17-18H,1-4,9-10H2,(H,16,19). The second-order valence-corrected chi connectivity index (χ2v) is 5.26. The molecule has 2 atom stereocenters. The Balaban J connectivity index is 1.76. The van der Waals surface area contributed by atoms with E-state index in [0.717, 1.165) is 31.2 Å². The minimum absolute atomic E-state index is 0.0385. The molecule has 1 saturated carbocycles. The Labute approximate surface area is 113 Å². The summed E-state index contributed by atoms with van der Waals surface area (Å²) < 4.78 is 0. The number of amides is 1. The van der Waals surface area contributed by atoms with Crippen LogP contribution < -0.4 is 5.32 Å². The Bertz CT molecular complexity index is 416. The van der Waals surface area contributed by atoms with Crippen LogP contribution in [0.25, 0.3) is 0 Å². The van der Waals surface area contributed by atoms with Crippen molar-refractivity contribution in [2.24, 2.45) is 5.92 Å². The van der Waals surface area contributed by atoms with Crippen LogP contribution in [0.5, 0.6) is 5.75 Å². The maximum atomic E-state index is 11.8. The summed E-state index contributed by atoms with van der Waals surface area (Å²) in [6, 6.07) is 6.63. The fraction of sp³-hybridized carbons (Fsp3) is 0.533. The van der Waals surface area contributed by atoms with Crippen LogP contribution in [0.1, 0.15) is 31.2 Å². The first kappa shape index (κ1) is 13.9. The first-order valence-corrected chi connectivity index (χ1v) is 6.88. The molecule has 1 aliphatic rings. The van der Waals surface area contributed by atoms with Crippen LogP contribution in [-0.4, -0.2) is 28.8 Å². The number of rotatable bonds is 4. The minimum atomic E-state index is -0.275. The normalized spacial score (nSPS) is 23.0. The van der Waals surface area contributed by atoms with E-state index >= 15 is 0 Å². The van der Waals surface area contributed by atoms with Crippen molar-refractivity contribution >= 4 is 5.91 Å². The molecule has 2 rings (SSSR count). The van der Waals surface area contributed by atoms with Gasteiger partial charge in [0, 0.05) is 12.5 Å². The number of nitrogens with one attached hydrogen (secondary N) is 1. The third-order valence-corrected chi connectivity index (χ3v) is 3.73. The Morgan fingerprint density at radius 1 is 1.21 bits per heavy atom. The molecular weight excluding hydrogens is 242 g/mol. The highest BCUT2D eigenvalue weighted by Gasteiger charge is 2.23. The summed E-state index contributed by atoms with van der Waals surface area (Å²) in [6.07, 6.45) is 4.08. The lowest BCUT2D eigenvalue weighted by molar-refractivity contribution is -0.120. The lowest BCUT2D eigenvalue weighted by Gasteiger charge is -2.27. The topological polar surface area (TPSA) is 69.6 Å². The van der Waals surface area contributed by atoms with Crippen LogP contribution in [0.4, 0.5) is 0 Å². The predicted octanol–water partition coefficient (Wildman–Crippen LogP) is 1.60. The quantitative estimate of drug-likeness (QED) is 0.773. The molecule has 0 radical (unpaired) electrons. The molecule has 19 heavy (non-hydrogen) atoms. The van der Waals surface area contributed by atoms with Gasteiger partial charge >= 0.3 is 0 Å². The van der Waals surface area contributed by atoms with Gasteiger partial charge in [-0.1, -0.05) is 25.0 Å². The molecule has 104 valence electrons. The Morgan fingerprint density at radius 2 is 1.89 bits per heavy atom. The molecule has 1 fully saturated rings. The summed E-state index contributed by atoms with van der Waals surface area (Å²) >= 11 is 0. The fourth-order valence-electron chi connectivity index (χ4n) is 2.53. The van der Waals surface area contributed by atoms with E-state index in [1.807, 2.05) is 0 Å². The number of hydrogen-bond acceptors (Lipinski definition) is 3. The molecule has 0 bridgehead atoms.